The van der Waals surface area contributed by atoms with E-state index in [0.29, 0.717) is 6.54 Å². The Kier molecular flexibility index (Phi) is 7.21. The van der Waals surface area contributed by atoms with Crippen LogP contribution in [0.2, 0.25) is 0 Å². The number of aliphatic hydroxyl groups is 1. The van der Waals surface area contributed by atoms with Gasteiger partial charge in [-0.15, -0.1) is 23.7 Å². The number of fused-ring (bicyclic) bond motifs is 1. The summed E-state index contributed by atoms with van der Waals surface area (Å²) in [6, 6.07) is 9.67. The molecule has 152 valence electrons. The summed E-state index contributed by atoms with van der Waals surface area (Å²) < 4.78 is 6.96. The number of nitrogens with one attached hydrogen (secondary N) is 1. The molecule has 4 rings (SSSR count). The molecular weight excluding hydrogens is 462 g/mol. The molecule has 1 aromatic heterocycles. The van der Waals surface area contributed by atoms with Crippen molar-refractivity contribution < 1.29 is 14.6 Å². The molecule has 0 aliphatic heterocycles. The summed E-state index contributed by atoms with van der Waals surface area (Å²) in [6.45, 7) is 2.68. The van der Waals surface area contributed by atoms with Crippen molar-refractivity contribution in [1.29, 1.82) is 0 Å². The Morgan fingerprint density at radius 3 is 2.75 bits per heavy atom. The van der Waals surface area contributed by atoms with Crippen LogP contribution < -0.4 is 10.1 Å². The minimum atomic E-state index is -0.564. The van der Waals surface area contributed by atoms with Gasteiger partial charge in [-0.2, -0.15) is 0 Å². The number of ketones is 1. The predicted octanol–water partition coefficient (Wildman–Crippen LogP) is 4.55. The Morgan fingerprint density at radius 1 is 1.25 bits per heavy atom. The lowest BCUT2D eigenvalue weighted by Crippen LogP contribution is -2.44. The molecule has 0 saturated heterocycles. The second kappa shape index (κ2) is 9.26. The maximum Gasteiger partial charge on any atom is 0.168 e. The first-order valence-corrected chi connectivity index (χ1v) is 11.1. The van der Waals surface area contributed by atoms with E-state index in [0.717, 1.165) is 41.5 Å². The molecule has 0 spiro atoms. The zero-order chi connectivity index (χ0) is 19.0. The van der Waals surface area contributed by atoms with E-state index in [2.05, 4.69) is 28.2 Å². The molecule has 1 fully saturated rings. The number of hydrogen-bond acceptors (Lipinski definition) is 5. The highest BCUT2D eigenvalue weighted by Crippen LogP contribution is 2.32. The van der Waals surface area contributed by atoms with Gasteiger partial charge in [0.1, 0.15) is 18.0 Å². The van der Waals surface area contributed by atoms with Gasteiger partial charge in [-0.05, 0) is 62.9 Å². The lowest BCUT2D eigenvalue weighted by atomic mass is 9.87. The van der Waals surface area contributed by atoms with E-state index in [-0.39, 0.29) is 36.3 Å². The lowest BCUT2D eigenvalue weighted by molar-refractivity contribution is 0.0441. The second-order valence-electron chi connectivity index (χ2n) is 7.49. The van der Waals surface area contributed by atoms with Gasteiger partial charge in [-0.3, -0.25) is 4.79 Å². The highest BCUT2D eigenvalue weighted by atomic mass is 79.9. The number of benzene rings is 1. The largest absolute Gasteiger partial charge is 0.488 e. The molecule has 2 aromatic rings. The zero-order valence-corrected chi connectivity index (χ0v) is 18.9. The minimum Gasteiger partial charge on any atom is -0.488 e. The molecule has 0 bridgehead atoms. The number of carbonyl (C=O) groups is 1. The first kappa shape index (κ1) is 21.8. The summed E-state index contributed by atoms with van der Waals surface area (Å²) in [5, 5.41) is 14.1. The molecule has 0 radical (unpaired) electrons. The molecule has 4 atom stereocenters. The first-order valence-electron chi connectivity index (χ1n) is 9.48. The molecule has 2 N–H and O–H groups in total. The van der Waals surface area contributed by atoms with Crippen LogP contribution in [0.4, 0.5) is 0 Å². The third-order valence-electron chi connectivity index (χ3n) is 5.57. The number of Topliss-reactive ketones (excluding diaryl/α,β-unsaturated/α-hetero) is 1. The molecule has 7 heteroatoms. The van der Waals surface area contributed by atoms with E-state index in [1.165, 1.54) is 9.75 Å². The van der Waals surface area contributed by atoms with Crippen LogP contribution in [0.1, 0.15) is 39.4 Å². The Bertz CT molecular complexity index is 826. The fourth-order valence-electron chi connectivity index (χ4n) is 4.09. The average molecular weight is 487 g/mol. The summed E-state index contributed by atoms with van der Waals surface area (Å²) in [5.41, 5.74) is 0.916. The van der Waals surface area contributed by atoms with Crippen molar-refractivity contribution in [3.05, 3.63) is 50.1 Å². The number of halogens is 2. The quantitative estimate of drug-likeness (QED) is 0.651. The van der Waals surface area contributed by atoms with E-state index >= 15 is 0 Å². The van der Waals surface area contributed by atoms with Gasteiger partial charge in [0.2, 0.25) is 0 Å². The van der Waals surface area contributed by atoms with Crippen LogP contribution >= 0.6 is 39.7 Å². The average Bonchev–Trinajstić information content (AvgIpc) is 3.20. The molecule has 4 nitrogen and oxygen atoms in total. The summed E-state index contributed by atoms with van der Waals surface area (Å²) in [6.07, 6.45) is 2.76. The summed E-state index contributed by atoms with van der Waals surface area (Å²) >= 11 is 5.15. The standard InChI is InChI=1S/C21H24BrNO3S.ClH/c1-12-10-16-19(27-12)9-2-13(20(16)24)11-23-17-7-8-18(21(17)25)26-15-5-3-14(22)4-6-15;/h3-6,10,13,17-18,21,23,25H,2,7-9,11H2,1H3;1H. The number of aliphatic hydroxyl groups excluding tert-OH is 1. The normalized spacial score (nSPS) is 26.6. The predicted molar refractivity (Wildman–Crippen MR) is 118 cm³/mol. The van der Waals surface area contributed by atoms with Gasteiger partial charge >= 0.3 is 0 Å². The van der Waals surface area contributed by atoms with Gasteiger partial charge in [0.05, 0.1) is 0 Å². The Balaban J connectivity index is 0.00000225. The smallest absolute Gasteiger partial charge is 0.168 e. The number of ether oxygens (including phenoxy) is 1. The van der Waals surface area contributed by atoms with Crippen molar-refractivity contribution in [2.75, 3.05) is 6.54 Å². The van der Waals surface area contributed by atoms with Crippen LogP contribution in [-0.2, 0) is 6.42 Å². The van der Waals surface area contributed by atoms with E-state index in [9.17, 15) is 9.90 Å². The van der Waals surface area contributed by atoms with Crippen LogP contribution in [0.5, 0.6) is 5.75 Å². The summed E-state index contributed by atoms with van der Waals surface area (Å²) in [5.74, 6) is 1.03. The maximum absolute atomic E-state index is 12.7. The van der Waals surface area contributed by atoms with E-state index in [1.807, 2.05) is 30.3 Å². The Hall–Kier alpha value is -0.920. The number of aryl methyl sites for hydroxylation is 2. The molecule has 0 amide bonds. The fourth-order valence-corrected chi connectivity index (χ4v) is 5.40. The van der Waals surface area contributed by atoms with Gasteiger partial charge in [0, 0.05) is 38.3 Å². The van der Waals surface area contributed by atoms with E-state index < -0.39 is 6.10 Å². The van der Waals surface area contributed by atoms with E-state index in [4.69, 9.17) is 4.74 Å². The first-order chi connectivity index (χ1) is 13.0. The van der Waals surface area contributed by atoms with Gasteiger partial charge in [0.25, 0.3) is 0 Å². The van der Waals surface area contributed by atoms with Crippen LogP contribution in [0, 0.1) is 12.8 Å². The van der Waals surface area contributed by atoms with Crippen LogP contribution in [0.15, 0.2) is 34.8 Å². The van der Waals surface area contributed by atoms with Crippen molar-refractivity contribution in [3.63, 3.8) is 0 Å². The second-order valence-corrected chi connectivity index (χ2v) is 9.74. The highest BCUT2D eigenvalue weighted by Gasteiger charge is 2.37. The number of rotatable bonds is 5. The summed E-state index contributed by atoms with van der Waals surface area (Å²) in [4.78, 5) is 15.2. The molecule has 2 aliphatic rings. The van der Waals surface area contributed by atoms with Gasteiger partial charge in [-0.25, -0.2) is 0 Å². The Labute approximate surface area is 184 Å². The molecule has 2 aliphatic carbocycles. The number of thiophene rings is 1. The van der Waals surface area contributed by atoms with Gasteiger partial charge in [-0.1, -0.05) is 15.9 Å². The SMILES string of the molecule is Cc1cc2c(s1)CCC(CNC1CCC(Oc3ccc(Br)cc3)C1O)C2=O.Cl. The summed E-state index contributed by atoms with van der Waals surface area (Å²) in [7, 11) is 0. The fraction of sp³-hybridized carbons (Fsp3) is 0.476. The van der Waals surface area contributed by atoms with Gasteiger partial charge < -0.3 is 15.2 Å². The highest BCUT2D eigenvalue weighted by molar-refractivity contribution is 9.10. The third-order valence-corrected chi connectivity index (χ3v) is 7.21. The molecule has 4 unspecified atom stereocenters. The Morgan fingerprint density at radius 2 is 2.00 bits per heavy atom. The third kappa shape index (κ3) is 4.62. The molecule has 28 heavy (non-hydrogen) atoms. The molecule has 1 aromatic carbocycles. The van der Waals surface area contributed by atoms with Crippen LogP contribution in [0.3, 0.4) is 0 Å². The van der Waals surface area contributed by atoms with Crippen LogP contribution in [0.25, 0.3) is 0 Å². The lowest BCUT2D eigenvalue weighted by Gasteiger charge is -2.25. The zero-order valence-electron chi connectivity index (χ0n) is 15.7. The van der Waals surface area contributed by atoms with E-state index in [1.54, 1.807) is 11.3 Å². The molecule has 1 heterocycles. The van der Waals surface area contributed by atoms with Crippen molar-refractivity contribution >= 4 is 45.5 Å². The van der Waals surface area contributed by atoms with Crippen molar-refractivity contribution in [2.24, 2.45) is 5.92 Å². The number of carbonyl (C=O) groups excluding carboxylic acids is 1. The molecule has 1 saturated carbocycles. The maximum atomic E-state index is 12.7. The molecular formula is C21H25BrClNO3S. The van der Waals surface area contributed by atoms with Crippen molar-refractivity contribution in [3.8, 4) is 5.75 Å². The minimum absolute atomic E-state index is 0. The van der Waals surface area contributed by atoms with Crippen molar-refractivity contribution in [2.45, 2.75) is 50.9 Å². The number of hydrogen-bond donors (Lipinski definition) is 2. The van der Waals surface area contributed by atoms with Crippen LogP contribution in [-0.4, -0.2) is 35.7 Å². The van der Waals surface area contributed by atoms with Crippen molar-refractivity contribution in [1.82, 2.24) is 5.32 Å². The monoisotopic (exact) mass is 485 g/mol. The topological polar surface area (TPSA) is 58.6 Å². The van der Waals surface area contributed by atoms with Gasteiger partial charge in [0.15, 0.2) is 5.78 Å².